The highest BCUT2D eigenvalue weighted by atomic mass is 16.5. The Labute approximate surface area is 98.4 Å². The van der Waals surface area contributed by atoms with Gasteiger partial charge in [0.25, 0.3) is 5.89 Å². The minimum Gasteiger partial charge on any atom is -0.459 e. The van der Waals surface area contributed by atoms with Crippen LogP contribution in [-0.2, 0) is 6.54 Å². The number of hydrogen-bond acceptors (Lipinski definition) is 6. The van der Waals surface area contributed by atoms with Crippen LogP contribution in [0.2, 0.25) is 0 Å². The van der Waals surface area contributed by atoms with Gasteiger partial charge in [-0.05, 0) is 18.6 Å². The first-order valence-corrected chi connectivity index (χ1v) is 5.65. The summed E-state index contributed by atoms with van der Waals surface area (Å²) >= 11 is 0. The standard InChI is InChI=1S/C11H14N4O2/c12-8-3-4-15(6-8)7-10-13-11(17-14-10)9-2-1-5-16-9/h1-2,5,8H,3-4,6-7,12H2/t8-/m0/s1. The third kappa shape index (κ3) is 2.22. The van der Waals surface area contributed by atoms with E-state index in [2.05, 4.69) is 15.0 Å². The molecule has 0 bridgehead atoms. The van der Waals surface area contributed by atoms with E-state index in [1.54, 1.807) is 18.4 Å². The topological polar surface area (TPSA) is 81.3 Å². The summed E-state index contributed by atoms with van der Waals surface area (Å²) in [5.41, 5.74) is 5.84. The number of nitrogens with two attached hydrogens (primary N) is 1. The van der Waals surface area contributed by atoms with Crippen LogP contribution < -0.4 is 5.73 Å². The Morgan fingerprint density at radius 3 is 3.18 bits per heavy atom. The predicted octanol–water partition coefficient (Wildman–Crippen LogP) is 0.863. The van der Waals surface area contributed by atoms with Gasteiger partial charge in [0.05, 0.1) is 12.8 Å². The molecular formula is C11H14N4O2. The second-order valence-corrected chi connectivity index (χ2v) is 4.28. The number of aromatic nitrogens is 2. The number of nitrogens with zero attached hydrogens (tertiary/aromatic N) is 3. The second-order valence-electron chi connectivity index (χ2n) is 4.28. The van der Waals surface area contributed by atoms with Crippen molar-refractivity contribution in [1.82, 2.24) is 15.0 Å². The summed E-state index contributed by atoms with van der Waals surface area (Å²) < 4.78 is 10.3. The Morgan fingerprint density at radius 1 is 1.53 bits per heavy atom. The molecule has 17 heavy (non-hydrogen) atoms. The van der Waals surface area contributed by atoms with E-state index in [4.69, 9.17) is 14.7 Å². The molecule has 0 radical (unpaired) electrons. The van der Waals surface area contributed by atoms with E-state index in [1.165, 1.54) is 0 Å². The lowest BCUT2D eigenvalue weighted by Gasteiger charge is -2.11. The Hall–Kier alpha value is -1.66. The smallest absolute Gasteiger partial charge is 0.293 e. The summed E-state index contributed by atoms with van der Waals surface area (Å²) in [6, 6.07) is 3.85. The molecule has 1 saturated heterocycles. The molecule has 1 aliphatic heterocycles. The number of hydrogen-bond donors (Lipinski definition) is 1. The lowest BCUT2D eigenvalue weighted by atomic mass is 10.3. The number of rotatable bonds is 3. The third-order valence-electron chi connectivity index (χ3n) is 2.87. The van der Waals surface area contributed by atoms with Crippen molar-refractivity contribution in [3.8, 4) is 11.7 Å². The molecule has 2 N–H and O–H groups in total. The molecule has 2 aromatic heterocycles. The molecule has 0 saturated carbocycles. The van der Waals surface area contributed by atoms with E-state index in [1.807, 2.05) is 0 Å². The molecule has 3 rings (SSSR count). The molecule has 6 nitrogen and oxygen atoms in total. The van der Waals surface area contributed by atoms with Gasteiger partial charge in [0.2, 0.25) is 0 Å². The fourth-order valence-electron chi connectivity index (χ4n) is 2.02. The van der Waals surface area contributed by atoms with E-state index < -0.39 is 0 Å². The van der Waals surface area contributed by atoms with Gasteiger partial charge in [-0.15, -0.1) is 0 Å². The van der Waals surface area contributed by atoms with Crippen molar-refractivity contribution < 1.29 is 8.94 Å². The maximum Gasteiger partial charge on any atom is 0.293 e. The van der Waals surface area contributed by atoms with E-state index in [9.17, 15) is 0 Å². The molecule has 2 aromatic rings. The van der Waals surface area contributed by atoms with Crippen LogP contribution in [0.25, 0.3) is 11.7 Å². The van der Waals surface area contributed by atoms with Crippen LogP contribution in [0.3, 0.4) is 0 Å². The molecular weight excluding hydrogens is 220 g/mol. The monoisotopic (exact) mass is 234 g/mol. The first-order chi connectivity index (χ1) is 8.31. The third-order valence-corrected chi connectivity index (χ3v) is 2.87. The van der Waals surface area contributed by atoms with E-state index >= 15 is 0 Å². The average Bonchev–Trinajstić information content (AvgIpc) is 3.00. The van der Waals surface area contributed by atoms with Gasteiger partial charge in [0.15, 0.2) is 11.6 Å². The molecule has 1 aliphatic rings. The molecule has 0 aromatic carbocycles. The molecule has 0 amide bonds. The van der Waals surface area contributed by atoms with E-state index in [-0.39, 0.29) is 6.04 Å². The minimum absolute atomic E-state index is 0.270. The minimum atomic E-state index is 0.270. The SMILES string of the molecule is N[C@H]1CCN(Cc2noc(-c3ccco3)n2)C1. The Kier molecular flexibility index (Phi) is 2.66. The highest BCUT2D eigenvalue weighted by Crippen LogP contribution is 2.18. The van der Waals surface area contributed by atoms with Gasteiger partial charge in [-0.25, -0.2) is 0 Å². The van der Waals surface area contributed by atoms with Crippen molar-refractivity contribution >= 4 is 0 Å². The molecule has 0 aliphatic carbocycles. The second kappa shape index (κ2) is 4.31. The Bertz CT molecular complexity index is 479. The highest BCUT2D eigenvalue weighted by molar-refractivity contribution is 5.42. The summed E-state index contributed by atoms with van der Waals surface area (Å²) in [7, 11) is 0. The zero-order valence-corrected chi connectivity index (χ0v) is 9.37. The van der Waals surface area contributed by atoms with Crippen LogP contribution in [0, 0.1) is 0 Å². The molecule has 90 valence electrons. The van der Waals surface area contributed by atoms with Gasteiger partial charge < -0.3 is 14.7 Å². The van der Waals surface area contributed by atoms with E-state index in [0.29, 0.717) is 24.0 Å². The van der Waals surface area contributed by atoms with Gasteiger partial charge in [0.1, 0.15) is 0 Å². The first kappa shape index (κ1) is 10.5. The van der Waals surface area contributed by atoms with Crippen LogP contribution in [0.15, 0.2) is 27.3 Å². The van der Waals surface area contributed by atoms with Gasteiger partial charge >= 0.3 is 0 Å². The van der Waals surface area contributed by atoms with Gasteiger partial charge in [-0.3, -0.25) is 4.90 Å². The fourth-order valence-corrected chi connectivity index (χ4v) is 2.02. The highest BCUT2D eigenvalue weighted by Gasteiger charge is 2.21. The van der Waals surface area contributed by atoms with Crippen molar-refractivity contribution in [2.75, 3.05) is 13.1 Å². The zero-order valence-electron chi connectivity index (χ0n) is 9.37. The van der Waals surface area contributed by atoms with Gasteiger partial charge in [0, 0.05) is 19.1 Å². The van der Waals surface area contributed by atoms with E-state index in [0.717, 1.165) is 19.5 Å². The molecule has 6 heteroatoms. The molecule has 1 atom stereocenters. The number of furan rings is 1. The Morgan fingerprint density at radius 2 is 2.47 bits per heavy atom. The van der Waals surface area contributed by atoms with Crippen LogP contribution in [-0.4, -0.2) is 34.2 Å². The molecule has 1 fully saturated rings. The van der Waals surface area contributed by atoms with Crippen molar-refractivity contribution in [3.63, 3.8) is 0 Å². The molecule has 0 unspecified atom stereocenters. The largest absolute Gasteiger partial charge is 0.459 e. The predicted molar refractivity (Wildman–Crippen MR) is 59.9 cm³/mol. The van der Waals surface area contributed by atoms with Crippen LogP contribution in [0.1, 0.15) is 12.2 Å². The lowest BCUT2D eigenvalue weighted by molar-refractivity contribution is 0.308. The quantitative estimate of drug-likeness (QED) is 0.848. The normalized spacial score (nSPS) is 21.1. The van der Waals surface area contributed by atoms with Crippen LogP contribution in [0.5, 0.6) is 0 Å². The van der Waals surface area contributed by atoms with Crippen molar-refractivity contribution in [2.45, 2.75) is 19.0 Å². The molecule has 0 spiro atoms. The summed E-state index contributed by atoms with van der Waals surface area (Å²) in [5.74, 6) is 1.70. The Balaban J connectivity index is 1.69. The first-order valence-electron chi connectivity index (χ1n) is 5.65. The van der Waals surface area contributed by atoms with Gasteiger partial charge in [-0.2, -0.15) is 4.98 Å². The van der Waals surface area contributed by atoms with Crippen LogP contribution in [0.4, 0.5) is 0 Å². The van der Waals surface area contributed by atoms with Crippen LogP contribution >= 0.6 is 0 Å². The average molecular weight is 234 g/mol. The molecule has 3 heterocycles. The van der Waals surface area contributed by atoms with Gasteiger partial charge in [-0.1, -0.05) is 5.16 Å². The number of likely N-dealkylation sites (tertiary alicyclic amines) is 1. The van der Waals surface area contributed by atoms with Crippen molar-refractivity contribution in [3.05, 3.63) is 24.2 Å². The maximum absolute atomic E-state index is 5.84. The summed E-state index contributed by atoms with van der Waals surface area (Å²) in [4.78, 5) is 6.51. The maximum atomic E-state index is 5.84. The van der Waals surface area contributed by atoms with Crippen molar-refractivity contribution in [1.29, 1.82) is 0 Å². The summed E-state index contributed by atoms with van der Waals surface area (Å²) in [5, 5.41) is 3.93. The zero-order chi connectivity index (χ0) is 11.7. The fraction of sp³-hybridized carbons (Fsp3) is 0.455. The van der Waals surface area contributed by atoms with Crippen molar-refractivity contribution in [2.24, 2.45) is 5.73 Å². The lowest BCUT2D eigenvalue weighted by Crippen LogP contribution is -2.26. The summed E-state index contributed by atoms with van der Waals surface area (Å²) in [6.45, 7) is 2.56. The summed E-state index contributed by atoms with van der Waals surface area (Å²) in [6.07, 6.45) is 2.61.